The molecule has 10 heteroatoms. The number of carbonyl (C=O) groups excluding carboxylic acids is 2. The molecular weight excluding hydrogens is 432 g/mol. The quantitative estimate of drug-likeness (QED) is 0.285. The van der Waals surface area contributed by atoms with Gasteiger partial charge in [-0.3, -0.25) is 25.0 Å². The SMILES string of the molecule is O=C(COc1ccc([N+](=O)[O-])cc1)NC(=S)Nc1ccccc1C(=O)Nc1ccccc1. The number of anilines is 2. The van der Waals surface area contributed by atoms with E-state index in [1.165, 1.54) is 24.3 Å². The fourth-order valence-corrected chi connectivity index (χ4v) is 2.86. The molecule has 0 spiro atoms. The molecular formula is C22H18N4O5S. The highest BCUT2D eigenvalue weighted by Crippen LogP contribution is 2.18. The zero-order chi connectivity index (χ0) is 22.9. The second-order valence-electron chi connectivity index (χ2n) is 6.41. The average Bonchev–Trinajstić information content (AvgIpc) is 2.79. The third-order valence-corrected chi connectivity index (χ3v) is 4.33. The molecule has 0 aromatic heterocycles. The first-order valence-corrected chi connectivity index (χ1v) is 9.77. The third-order valence-electron chi connectivity index (χ3n) is 4.12. The first kappa shape index (κ1) is 22.4. The van der Waals surface area contributed by atoms with Gasteiger partial charge < -0.3 is 15.4 Å². The summed E-state index contributed by atoms with van der Waals surface area (Å²) in [6.45, 7) is -0.351. The molecule has 0 heterocycles. The number of rotatable bonds is 7. The van der Waals surface area contributed by atoms with E-state index < -0.39 is 10.8 Å². The molecule has 3 aromatic rings. The number of thiocarbonyl (C=S) groups is 1. The summed E-state index contributed by atoms with van der Waals surface area (Å²) in [5.41, 5.74) is 1.33. The fourth-order valence-electron chi connectivity index (χ4n) is 2.64. The number of nitrogens with one attached hydrogen (secondary N) is 3. The van der Waals surface area contributed by atoms with Crippen molar-refractivity contribution in [3.8, 4) is 5.75 Å². The number of nitro groups is 1. The van der Waals surface area contributed by atoms with Gasteiger partial charge in [-0.1, -0.05) is 30.3 Å². The number of carbonyl (C=O) groups is 2. The van der Waals surface area contributed by atoms with Crippen LogP contribution in [0.25, 0.3) is 0 Å². The molecule has 0 fully saturated rings. The number of amides is 2. The van der Waals surface area contributed by atoms with E-state index in [2.05, 4.69) is 16.0 Å². The van der Waals surface area contributed by atoms with Crippen LogP contribution in [0.3, 0.4) is 0 Å². The van der Waals surface area contributed by atoms with E-state index in [1.54, 1.807) is 36.4 Å². The Labute approximate surface area is 188 Å². The second-order valence-corrected chi connectivity index (χ2v) is 6.82. The van der Waals surface area contributed by atoms with Gasteiger partial charge in [-0.25, -0.2) is 0 Å². The molecule has 9 nitrogen and oxygen atoms in total. The summed E-state index contributed by atoms with van der Waals surface area (Å²) in [6.07, 6.45) is 0. The standard InChI is InChI=1S/C22H18N4O5S/c27-20(14-31-17-12-10-16(11-13-17)26(29)30)25-22(32)24-19-9-5-4-8-18(19)21(28)23-15-6-2-1-3-7-15/h1-13H,14H2,(H,23,28)(H2,24,25,27,32). The van der Waals surface area contributed by atoms with Crippen LogP contribution in [-0.2, 0) is 4.79 Å². The monoisotopic (exact) mass is 450 g/mol. The predicted molar refractivity (Wildman–Crippen MR) is 124 cm³/mol. The molecule has 3 N–H and O–H groups in total. The van der Waals surface area contributed by atoms with Crippen LogP contribution in [0.4, 0.5) is 17.1 Å². The Bertz CT molecular complexity index is 1140. The van der Waals surface area contributed by atoms with Crippen molar-refractivity contribution in [3.63, 3.8) is 0 Å². The summed E-state index contributed by atoms with van der Waals surface area (Å²) < 4.78 is 5.30. The van der Waals surface area contributed by atoms with Crippen molar-refractivity contribution in [2.45, 2.75) is 0 Å². The van der Waals surface area contributed by atoms with Gasteiger partial charge in [0.1, 0.15) is 5.75 Å². The van der Waals surface area contributed by atoms with Gasteiger partial charge in [-0.2, -0.15) is 0 Å². The number of nitro benzene ring substituents is 1. The zero-order valence-corrected chi connectivity index (χ0v) is 17.4. The van der Waals surface area contributed by atoms with Crippen molar-refractivity contribution in [2.24, 2.45) is 0 Å². The van der Waals surface area contributed by atoms with Gasteiger partial charge in [-0.15, -0.1) is 0 Å². The van der Waals surface area contributed by atoms with Crippen LogP contribution >= 0.6 is 12.2 Å². The fraction of sp³-hybridized carbons (Fsp3) is 0.0455. The number of para-hydroxylation sites is 2. The van der Waals surface area contributed by atoms with Crippen LogP contribution in [0.1, 0.15) is 10.4 Å². The lowest BCUT2D eigenvalue weighted by Gasteiger charge is -2.14. The molecule has 3 aromatic carbocycles. The van der Waals surface area contributed by atoms with E-state index in [0.29, 0.717) is 22.7 Å². The Kier molecular flexibility index (Phi) is 7.44. The molecule has 0 saturated heterocycles. The minimum atomic E-state index is -0.535. The Morgan fingerprint density at radius 2 is 1.56 bits per heavy atom. The Balaban J connectivity index is 1.54. The second kappa shape index (κ2) is 10.6. The molecule has 0 saturated carbocycles. The number of non-ortho nitro benzene ring substituents is 1. The van der Waals surface area contributed by atoms with E-state index in [0.717, 1.165) is 0 Å². The normalized spacial score (nSPS) is 10.0. The van der Waals surface area contributed by atoms with Gasteiger partial charge >= 0.3 is 0 Å². The van der Waals surface area contributed by atoms with Crippen LogP contribution in [0.2, 0.25) is 0 Å². The van der Waals surface area contributed by atoms with Crippen LogP contribution < -0.4 is 20.7 Å². The van der Waals surface area contributed by atoms with E-state index in [1.807, 2.05) is 18.2 Å². The lowest BCUT2D eigenvalue weighted by atomic mass is 10.1. The number of hydrogen-bond donors (Lipinski definition) is 3. The van der Waals surface area contributed by atoms with Crippen molar-refractivity contribution < 1.29 is 19.2 Å². The lowest BCUT2D eigenvalue weighted by Crippen LogP contribution is -2.37. The summed E-state index contributed by atoms with van der Waals surface area (Å²) in [5, 5.41) is 18.7. The van der Waals surface area contributed by atoms with E-state index in [9.17, 15) is 19.7 Å². The molecule has 0 bridgehead atoms. The van der Waals surface area contributed by atoms with Crippen molar-refractivity contribution >= 4 is 46.2 Å². The van der Waals surface area contributed by atoms with Crippen molar-refractivity contribution in [1.82, 2.24) is 5.32 Å². The highest BCUT2D eigenvalue weighted by Gasteiger charge is 2.14. The first-order chi connectivity index (χ1) is 15.4. The lowest BCUT2D eigenvalue weighted by molar-refractivity contribution is -0.384. The maximum absolute atomic E-state index is 12.6. The smallest absolute Gasteiger partial charge is 0.269 e. The van der Waals surface area contributed by atoms with Crippen LogP contribution in [0, 0.1) is 10.1 Å². The molecule has 2 amide bonds. The van der Waals surface area contributed by atoms with Gasteiger partial charge in [0.05, 0.1) is 16.2 Å². The maximum atomic E-state index is 12.6. The minimum absolute atomic E-state index is 0.0118. The Morgan fingerprint density at radius 3 is 2.25 bits per heavy atom. The Hall–Kier alpha value is -4.31. The van der Waals surface area contributed by atoms with Gasteiger partial charge in [0.25, 0.3) is 17.5 Å². The maximum Gasteiger partial charge on any atom is 0.269 e. The number of hydrogen-bond acceptors (Lipinski definition) is 6. The summed E-state index contributed by atoms with van der Waals surface area (Å²) in [6, 6.07) is 21.1. The summed E-state index contributed by atoms with van der Waals surface area (Å²) >= 11 is 5.16. The molecule has 3 rings (SSSR count). The minimum Gasteiger partial charge on any atom is -0.484 e. The van der Waals surface area contributed by atoms with Gasteiger partial charge in [0.15, 0.2) is 11.7 Å². The van der Waals surface area contributed by atoms with Crippen LogP contribution in [0.15, 0.2) is 78.9 Å². The molecule has 0 atom stereocenters. The van der Waals surface area contributed by atoms with Gasteiger partial charge in [0, 0.05) is 17.8 Å². The molecule has 0 aliphatic carbocycles. The topological polar surface area (TPSA) is 123 Å². The molecule has 0 radical (unpaired) electrons. The molecule has 162 valence electrons. The summed E-state index contributed by atoms with van der Waals surface area (Å²) in [4.78, 5) is 34.9. The zero-order valence-electron chi connectivity index (χ0n) is 16.6. The highest BCUT2D eigenvalue weighted by atomic mass is 32.1. The number of nitrogens with zero attached hydrogens (tertiary/aromatic N) is 1. The van der Waals surface area contributed by atoms with E-state index >= 15 is 0 Å². The van der Waals surface area contributed by atoms with E-state index in [-0.39, 0.29) is 23.3 Å². The van der Waals surface area contributed by atoms with Crippen LogP contribution in [-0.4, -0.2) is 28.5 Å². The van der Waals surface area contributed by atoms with E-state index in [4.69, 9.17) is 17.0 Å². The average molecular weight is 450 g/mol. The molecule has 0 aliphatic heterocycles. The number of ether oxygens (including phenoxy) is 1. The van der Waals surface area contributed by atoms with Crippen molar-refractivity contribution in [1.29, 1.82) is 0 Å². The third kappa shape index (κ3) is 6.34. The predicted octanol–water partition coefficient (Wildman–Crippen LogP) is 3.74. The Morgan fingerprint density at radius 1 is 0.906 bits per heavy atom. The summed E-state index contributed by atoms with van der Waals surface area (Å²) in [7, 11) is 0. The first-order valence-electron chi connectivity index (χ1n) is 9.36. The van der Waals surface area contributed by atoms with Gasteiger partial charge in [-0.05, 0) is 48.6 Å². The molecule has 0 aliphatic rings. The highest BCUT2D eigenvalue weighted by molar-refractivity contribution is 7.80. The molecule has 0 unspecified atom stereocenters. The largest absolute Gasteiger partial charge is 0.484 e. The molecule has 32 heavy (non-hydrogen) atoms. The summed E-state index contributed by atoms with van der Waals surface area (Å²) in [5.74, 6) is -0.574. The van der Waals surface area contributed by atoms with Gasteiger partial charge in [0.2, 0.25) is 0 Å². The van der Waals surface area contributed by atoms with Crippen molar-refractivity contribution in [3.05, 3.63) is 94.5 Å². The van der Waals surface area contributed by atoms with Crippen molar-refractivity contribution in [2.75, 3.05) is 17.2 Å². The number of benzene rings is 3. The van der Waals surface area contributed by atoms with Crippen LogP contribution in [0.5, 0.6) is 5.75 Å².